The van der Waals surface area contributed by atoms with Crippen LogP contribution in [0.3, 0.4) is 0 Å². The fraction of sp³-hybridized carbons (Fsp3) is 0.667. The van der Waals surface area contributed by atoms with E-state index in [0.717, 1.165) is 18.6 Å². The lowest BCUT2D eigenvalue weighted by molar-refractivity contribution is -0.120. The number of ketones is 2. The van der Waals surface area contributed by atoms with Crippen molar-refractivity contribution in [2.75, 3.05) is 20.0 Å². The maximum Gasteiger partial charge on any atom is 0.244 e. The number of rotatable bonds is 12. The zero-order valence-electron chi connectivity index (χ0n) is 14.8. The molecule has 0 heterocycles. The number of hydrogen-bond donors (Lipinski definition) is 0. The molecule has 24 heavy (non-hydrogen) atoms. The van der Waals surface area contributed by atoms with Crippen LogP contribution in [0.5, 0.6) is 0 Å². The second kappa shape index (κ2) is 11.6. The number of ether oxygens (including phenoxy) is 2. The summed E-state index contributed by atoms with van der Waals surface area (Å²) in [5.41, 5.74) is 0. The van der Waals surface area contributed by atoms with Crippen molar-refractivity contribution < 1.29 is 19.1 Å². The molecule has 0 radical (unpaired) electrons. The third-order valence-electron chi connectivity index (χ3n) is 3.88. The molecule has 1 aliphatic carbocycles. The minimum Gasteiger partial charge on any atom is -0.489 e. The Bertz CT molecular complexity index is 511. The van der Waals surface area contributed by atoms with Crippen LogP contribution in [0.2, 0.25) is 0 Å². The van der Waals surface area contributed by atoms with Crippen LogP contribution >= 0.6 is 23.4 Å². The molecule has 1 aliphatic rings. The third kappa shape index (κ3) is 5.85. The summed E-state index contributed by atoms with van der Waals surface area (Å²) in [5, 5.41) is -0.0674. The molecule has 6 heteroatoms. The first-order chi connectivity index (χ1) is 11.6. The van der Waals surface area contributed by atoms with E-state index in [1.165, 1.54) is 64.5 Å². The van der Waals surface area contributed by atoms with Crippen molar-refractivity contribution >= 4 is 34.9 Å². The average Bonchev–Trinajstić information content (AvgIpc) is 2.58. The van der Waals surface area contributed by atoms with E-state index >= 15 is 0 Å². The van der Waals surface area contributed by atoms with Gasteiger partial charge in [-0.1, -0.05) is 63.5 Å². The molecule has 0 aromatic heterocycles. The van der Waals surface area contributed by atoms with Crippen LogP contribution < -0.4 is 0 Å². The first-order valence-electron chi connectivity index (χ1n) is 8.52. The molecule has 0 spiro atoms. The Labute approximate surface area is 154 Å². The van der Waals surface area contributed by atoms with Gasteiger partial charge >= 0.3 is 0 Å². The van der Waals surface area contributed by atoms with E-state index in [1.807, 2.05) is 0 Å². The van der Waals surface area contributed by atoms with Gasteiger partial charge in [0.1, 0.15) is 5.03 Å². The highest BCUT2D eigenvalue weighted by Crippen LogP contribution is 2.34. The predicted molar refractivity (Wildman–Crippen MR) is 99.0 cm³/mol. The van der Waals surface area contributed by atoms with Crippen LogP contribution in [-0.2, 0) is 19.1 Å². The first kappa shape index (κ1) is 21.1. The molecular weight excluding hydrogens is 348 g/mol. The second-order valence-corrected chi connectivity index (χ2v) is 7.17. The summed E-state index contributed by atoms with van der Waals surface area (Å²) in [6.07, 6.45) is 9.80. The van der Waals surface area contributed by atoms with Crippen molar-refractivity contribution in [1.82, 2.24) is 0 Å². The fourth-order valence-electron chi connectivity index (χ4n) is 2.52. The van der Waals surface area contributed by atoms with E-state index in [1.54, 1.807) is 0 Å². The summed E-state index contributed by atoms with van der Waals surface area (Å²) in [6.45, 7) is 2.22. The Kier molecular flexibility index (Phi) is 10.2. The van der Waals surface area contributed by atoms with Crippen LogP contribution in [-0.4, -0.2) is 31.5 Å². The Balaban J connectivity index is 2.41. The lowest BCUT2D eigenvalue weighted by Crippen LogP contribution is -2.23. The van der Waals surface area contributed by atoms with Crippen molar-refractivity contribution in [3.63, 3.8) is 0 Å². The maximum atomic E-state index is 12.4. The molecule has 0 aromatic rings. The highest BCUT2D eigenvalue weighted by Gasteiger charge is 2.36. The largest absolute Gasteiger partial charge is 0.489 e. The van der Waals surface area contributed by atoms with E-state index in [4.69, 9.17) is 21.1 Å². The van der Waals surface area contributed by atoms with E-state index < -0.39 is 5.78 Å². The van der Waals surface area contributed by atoms with Gasteiger partial charge in [-0.15, -0.1) is 11.8 Å². The molecular formula is C18H27ClO4S. The van der Waals surface area contributed by atoms with E-state index in [2.05, 4.69) is 6.92 Å². The number of hydrogen-bond acceptors (Lipinski definition) is 5. The number of carbonyl (C=O) groups excluding carboxylic acids is 2. The van der Waals surface area contributed by atoms with Crippen LogP contribution in [0.15, 0.2) is 21.5 Å². The molecule has 0 aliphatic heterocycles. The highest BCUT2D eigenvalue weighted by atomic mass is 35.5. The molecule has 0 aromatic carbocycles. The Morgan fingerprint density at radius 3 is 1.88 bits per heavy atom. The van der Waals surface area contributed by atoms with Gasteiger partial charge < -0.3 is 9.47 Å². The number of halogens is 1. The Morgan fingerprint density at radius 2 is 1.33 bits per heavy atom. The van der Waals surface area contributed by atoms with Gasteiger partial charge in [0.25, 0.3) is 0 Å². The molecule has 0 N–H and O–H groups in total. The van der Waals surface area contributed by atoms with Gasteiger partial charge in [-0.25, -0.2) is 0 Å². The van der Waals surface area contributed by atoms with Crippen LogP contribution in [0.4, 0.5) is 0 Å². The summed E-state index contributed by atoms with van der Waals surface area (Å²) in [7, 11) is 2.67. The molecule has 1 rings (SSSR count). The molecule has 0 saturated heterocycles. The van der Waals surface area contributed by atoms with Crippen LogP contribution in [0.25, 0.3) is 0 Å². The second-order valence-electron chi connectivity index (χ2n) is 5.69. The summed E-state index contributed by atoms with van der Waals surface area (Å²) >= 11 is 7.38. The molecule has 0 bridgehead atoms. The standard InChI is InChI=1S/C18H27ClO4S/c1-4-5-6-7-8-9-10-11-12-24-18-13(19)14(20)16(22-2)17(23-3)15(18)21/h4-12H2,1-3H3. The Hall–Kier alpha value is -0.940. The third-order valence-corrected chi connectivity index (χ3v) is 5.52. The Morgan fingerprint density at radius 1 is 0.833 bits per heavy atom. The normalized spacial score (nSPS) is 15.3. The monoisotopic (exact) mass is 374 g/mol. The van der Waals surface area contributed by atoms with Crippen molar-refractivity contribution in [2.45, 2.75) is 58.3 Å². The molecule has 0 saturated carbocycles. The summed E-state index contributed by atoms with van der Waals surface area (Å²) in [6, 6.07) is 0. The first-order valence-corrected chi connectivity index (χ1v) is 9.89. The number of thioether (sulfide) groups is 1. The fourth-order valence-corrected chi connectivity index (χ4v) is 3.85. The van der Waals surface area contributed by atoms with Crippen LogP contribution in [0, 0.1) is 0 Å². The number of methoxy groups -OCH3 is 2. The van der Waals surface area contributed by atoms with Gasteiger partial charge in [0, 0.05) is 0 Å². The molecule has 0 amide bonds. The van der Waals surface area contributed by atoms with Crippen molar-refractivity contribution in [3.05, 3.63) is 21.5 Å². The van der Waals surface area contributed by atoms with Gasteiger partial charge in [0.15, 0.2) is 0 Å². The van der Waals surface area contributed by atoms with Gasteiger partial charge in [0.05, 0.1) is 19.1 Å². The number of unbranched alkanes of at least 4 members (excludes halogenated alkanes) is 7. The van der Waals surface area contributed by atoms with E-state index in [-0.39, 0.29) is 27.2 Å². The zero-order valence-corrected chi connectivity index (χ0v) is 16.4. The van der Waals surface area contributed by atoms with E-state index in [9.17, 15) is 9.59 Å². The van der Waals surface area contributed by atoms with Gasteiger partial charge in [-0.3, -0.25) is 9.59 Å². The average molecular weight is 375 g/mol. The van der Waals surface area contributed by atoms with Crippen molar-refractivity contribution in [2.24, 2.45) is 0 Å². The molecule has 0 unspecified atom stereocenters. The summed E-state index contributed by atoms with van der Waals surface area (Å²) in [4.78, 5) is 24.8. The quantitative estimate of drug-likeness (QED) is 0.356. The topological polar surface area (TPSA) is 52.6 Å². The maximum absolute atomic E-state index is 12.4. The van der Waals surface area contributed by atoms with Crippen molar-refractivity contribution in [3.8, 4) is 0 Å². The lowest BCUT2D eigenvalue weighted by Gasteiger charge is -2.18. The molecule has 136 valence electrons. The zero-order chi connectivity index (χ0) is 17.9. The molecule has 0 fully saturated rings. The SMILES string of the molecule is CCCCCCCCCCSC1=C(Cl)C(=O)C(OC)=C(OC)C1=O. The number of Topliss-reactive ketones (excluding diaryl/α,β-unsaturated/α-hetero) is 2. The molecule has 4 nitrogen and oxygen atoms in total. The van der Waals surface area contributed by atoms with Crippen LogP contribution in [0.1, 0.15) is 58.3 Å². The minimum atomic E-state index is -0.492. The van der Waals surface area contributed by atoms with Gasteiger partial charge in [-0.05, 0) is 12.2 Å². The summed E-state index contributed by atoms with van der Waals surface area (Å²) < 4.78 is 9.98. The smallest absolute Gasteiger partial charge is 0.244 e. The number of allylic oxidation sites excluding steroid dienone is 2. The highest BCUT2D eigenvalue weighted by molar-refractivity contribution is 8.04. The van der Waals surface area contributed by atoms with Crippen molar-refractivity contribution in [1.29, 1.82) is 0 Å². The predicted octanol–water partition coefficient (Wildman–Crippen LogP) is 4.97. The van der Waals surface area contributed by atoms with Gasteiger partial charge in [0.2, 0.25) is 23.1 Å². The summed E-state index contributed by atoms with van der Waals surface area (Å²) in [5.74, 6) is -0.287. The molecule has 0 atom stereocenters. The van der Waals surface area contributed by atoms with Gasteiger partial charge in [-0.2, -0.15) is 0 Å². The lowest BCUT2D eigenvalue weighted by atomic mass is 10.1. The number of carbonyl (C=O) groups is 2. The minimum absolute atomic E-state index is 0.0645. The van der Waals surface area contributed by atoms with E-state index in [0.29, 0.717) is 0 Å².